The smallest absolute Gasteiger partial charge is 0.263 e. The predicted octanol–water partition coefficient (Wildman–Crippen LogP) is 1.57. The number of anilines is 1. The highest BCUT2D eigenvalue weighted by Gasteiger charge is 2.14. The molecule has 0 aliphatic carbocycles. The Balaban J connectivity index is 2.30. The number of nitriles is 1. The van der Waals surface area contributed by atoms with Crippen LogP contribution in [-0.2, 0) is 10.0 Å². The van der Waals surface area contributed by atoms with Gasteiger partial charge in [-0.1, -0.05) is 12.1 Å². The molecule has 7 heteroatoms. The Morgan fingerprint density at radius 2 is 2.05 bits per heavy atom. The molecule has 1 N–H and O–H groups in total. The number of aldehydes is 1. The van der Waals surface area contributed by atoms with Crippen LogP contribution in [0.1, 0.15) is 16.1 Å². The highest BCUT2D eigenvalue weighted by molar-refractivity contribution is 7.92. The minimum Gasteiger partial charge on any atom is -0.298 e. The van der Waals surface area contributed by atoms with E-state index in [0.717, 1.165) is 6.20 Å². The molecular formula is C13H9N3O3S. The van der Waals surface area contributed by atoms with E-state index in [4.69, 9.17) is 5.26 Å². The zero-order valence-electron chi connectivity index (χ0n) is 10.1. The van der Waals surface area contributed by atoms with Crippen molar-refractivity contribution in [1.82, 2.24) is 4.98 Å². The fraction of sp³-hybridized carbons (Fsp3) is 0. The number of pyridine rings is 1. The van der Waals surface area contributed by atoms with Crippen LogP contribution in [0.25, 0.3) is 0 Å². The lowest BCUT2D eigenvalue weighted by molar-refractivity contribution is 0.112. The monoisotopic (exact) mass is 287 g/mol. The zero-order valence-corrected chi connectivity index (χ0v) is 11.0. The van der Waals surface area contributed by atoms with Gasteiger partial charge in [0.1, 0.15) is 22.9 Å². The van der Waals surface area contributed by atoms with Gasteiger partial charge in [0.15, 0.2) is 0 Å². The van der Waals surface area contributed by atoms with Crippen molar-refractivity contribution >= 4 is 22.0 Å². The van der Waals surface area contributed by atoms with Crippen molar-refractivity contribution in [3.63, 3.8) is 0 Å². The first-order valence-electron chi connectivity index (χ1n) is 5.49. The maximum atomic E-state index is 12.1. The largest absolute Gasteiger partial charge is 0.298 e. The van der Waals surface area contributed by atoms with Gasteiger partial charge < -0.3 is 0 Å². The van der Waals surface area contributed by atoms with Crippen LogP contribution in [0.2, 0.25) is 0 Å². The van der Waals surface area contributed by atoms with Crippen LogP contribution in [0.5, 0.6) is 0 Å². The average Bonchev–Trinajstić information content (AvgIpc) is 2.47. The van der Waals surface area contributed by atoms with Crippen LogP contribution in [0.3, 0.4) is 0 Å². The summed E-state index contributed by atoms with van der Waals surface area (Å²) in [6, 6.07) is 10.5. The second-order valence-electron chi connectivity index (χ2n) is 3.84. The highest BCUT2D eigenvalue weighted by Crippen LogP contribution is 2.16. The third-order valence-corrected chi connectivity index (χ3v) is 3.80. The molecule has 0 radical (unpaired) electrons. The first-order valence-corrected chi connectivity index (χ1v) is 6.98. The fourth-order valence-electron chi connectivity index (χ4n) is 1.49. The van der Waals surface area contributed by atoms with Crippen molar-refractivity contribution in [2.45, 2.75) is 4.90 Å². The van der Waals surface area contributed by atoms with Crippen molar-refractivity contribution in [3.05, 3.63) is 53.9 Å². The van der Waals surface area contributed by atoms with Crippen LogP contribution in [0.4, 0.5) is 5.69 Å². The summed E-state index contributed by atoms with van der Waals surface area (Å²) in [5, 5.41) is 8.61. The molecule has 2 aromatic rings. The second kappa shape index (κ2) is 5.50. The molecule has 0 spiro atoms. The maximum Gasteiger partial charge on any atom is 0.263 e. The molecule has 0 aliphatic heterocycles. The number of hydrogen-bond acceptors (Lipinski definition) is 5. The molecule has 2 rings (SSSR count). The molecule has 0 saturated carbocycles. The molecule has 20 heavy (non-hydrogen) atoms. The summed E-state index contributed by atoms with van der Waals surface area (Å²) in [6.45, 7) is 0. The summed E-state index contributed by atoms with van der Waals surface area (Å²) in [7, 11) is -3.80. The summed E-state index contributed by atoms with van der Waals surface area (Å²) in [5.74, 6) is 0. The number of carbonyl (C=O) groups is 1. The maximum absolute atomic E-state index is 12.1. The van der Waals surface area contributed by atoms with Crippen LogP contribution < -0.4 is 4.72 Å². The molecule has 0 bridgehead atoms. The normalized spacial score (nSPS) is 10.6. The van der Waals surface area contributed by atoms with Gasteiger partial charge >= 0.3 is 0 Å². The zero-order chi connectivity index (χ0) is 14.6. The van der Waals surface area contributed by atoms with E-state index >= 15 is 0 Å². The topological polar surface area (TPSA) is 99.9 Å². The number of carbonyl (C=O) groups excluding carboxylic acids is 1. The summed E-state index contributed by atoms with van der Waals surface area (Å²) < 4.78 is 26.5. The highest BCUT2D eigenvalue weighted by atomic mass is 32.2. The Hall–Kier alpha value is -2.72. The van der Waals surface area contributed by atoms with E-state index in [9.17, 15) is 13.2 Å². The SMILES string of the molecule is N#Cc1ccc(S(=O)(=O)Nc2cccc(C=O)c2)cn1. The lowest BCUT2D eigenvalue weighted by Crippen LogP contribution is -2.13. The van der Waals surface area contributed by atoms with Crippen molar-refractivity contribution in [1.29, 1.82) is 5.26 Å². The standard InChI is InChI=1S/C13H9N3O3S/c14-7-12-4-5-13(8-15-12)20(18,19)16-11-3-1-2-10(6-11)9-17/h1-6,8-9,16H. The first-order chi connectivity index (χ1) is 9.55. The predicted molar refractivity (Wildman–Crippen MR) is 71.6 cm³/mol. The molecule has 0 saturated heterocycles. The molecule has 0 aliphatic rings. The van der Waals surface area contributed by atoms with E-state index in [-0.39, 0.29) is 16.3 Å². The quantitative estimate of drug-likeness (QED) is 0.860. The summed E-state index contributed by atoms with van der Waals surface area (Å²) in [4.78, 5) is 14.3. The van der Waals surface area contributed by atoms with Crippen LogP contribution in [0.15, 0.2) is 47.5 Å². The van der Waals surface area contributed by atoms with Crippen LogP contribution in [-0.4, -0.2) is 19.7 Å². The lowest BCUT2D eigenvalue weighted by Gasteiger charge is -2.08. The van der Waals surface area contributed by atoms with Gasteiger partial charge in [-0.15, -0.1) is 0 Å². The van der Waals surface area contributed by atoms with Crippen LogP contribution in [0, 0.1) is 11.3 Å². The van der Waals surface area contributed by atoms with E-state index in [1.165, 1.54) is 24.3 Å². The Kier molecular flexibility index (Phi) is 3.77. The Morgan fingerprint density at radius 1 is 1.25 bits per heavy atom. The molecule has 1 heterocycles. The number of sulfonamides is 1. The summed E-state index contributed by atoms with van der Waals surface area (Å²) in [6.07, 6.45) is 1.73. The van der Waals surface area contributed by atoms with E-state index in [1.54, 1.807) is 18.2 Å². The first kappa shape index (κ1) is 13.7. The van der Waals surface area contributed by atoms with E-state index in [2.05, 4.69) is 9.71 Å². The van der Waals surface area contributed by atoms with Gasteiger partial charge in [-0.2, -0.15) is 5.26 Å². The minimum atomic E-state index is -3.80. The Bertz CT molecular complexity index is 777. The van der Waals surface area contributed by atoms with Crippen LogP contribution >= 0.6 is 0 Å². The Morgan fingerprint density at radius 3 is 2.65 bits per heavy atom. The van der Waals surface area contributed by atoms with E-state index < -0.39 is 10.0 Å². The number of aromatic nitrogens is 1. The van der Waals surface area contributed by atoms with Crippen molar-refractivity contribution in [3.8, 4) is 6.07 Å². The van der Waals surface area contributed by atoms with Crippen molar-refractivity contribution < 1.29 is 13.2 Å². The van der Waals surface area contributed by atoms with Gasteiger partial charge in [-0.3, -0.25) is 9.52 Å². The van der Waals surface area contributed by atoms with Crippen molar-refractivity contribution in [2.24, 2.45) is 0 Å². The third-order valence-electron chi connectivity index (χ3n) is 2.44. The van der Waals surface area contributed by atoms with Gasteiger partial charge in [-0.25, -0.2) is 13.4 Å². The number of hydrogen-bond donors (Lipinski definition) is 1. The van der Waals surface area contributed by atoms with Gasteiger partial charge in [0.05, 0.1) is 0 Å². The summed E-state index contributed by atoms with van der Waals surface area (Å²) in [5.41, 5.74) is 0.772. The van der Waals surface area contributed by atoms with Gasteiger partial charge in [-0.05, 0) is 24.3 Å². The fourth-order valence-corrected chi connectivity index (χ4v) is 2.49. The molecule has 1 aromatic heterocycles. The number of nitrogens with zero attached hydrogens (tertiary/aromatic N) is 2. The van der Waals surface area contributed by atoms with E-state index in [0.29, 0.717) is 11.8 Å². The number of benzene rings is 1. The molecule has 1 aromatic carbocycles. The molecular weight excluding hydrogens is 278 g/mol. The molecule has 100 valence electrons. The second-order valence-corrected chi connectivity index (χ2v) is 5.52. The molecule has 0 atom stereocenters. The van der Waals surface area contributed by atoms with Gasteiger partial charge in [0.25, 0.3) is 10.0 Å². The number of nitrogens with one attached hydrogen (secondary N) is 1. The van der Waals surface area contributed by atoms with E-state index in [1.807, 2.05) is 0 Å². The lowest BCUT2D eigenvalue weighted by atomic mass is 10.2. The Labute approximate surface area is 115 Å². The molecule has 0 fully saturated rings. The molecule has 0 amide bonds. The number of rotatable bonds is 4. The minimum absolute atomic E-state index is 0.0620. The van der Waals surface area contributed by atoms with Gasteiger partial charge in [0.2, 0.25) is 0 Å². The van der Waals surface area contributed by atoms with Gasteiger partial charge in [0, 0.05) is 17.4 Å². The summed E-state index contributed by atoms with van der Waals surface area (Å²) >= 11 is 0. The average molecular weight is 287 g/mol. The molecule has 6 nitrogen and oxygen atoms in total. The van der Waals surface area contributed by atoms with Crippen molar-refractivity contribution in [2.75, 3.05) is 4.72 Å². The molecule has 0 unspecified atom stereocenters. The third kappa shape index (κ3) is 2.99.